The molecule has 0 bridgehead atoms. The number of piperazine rings is 1. The summed E-state index contributed by atoms with van der Waals surface area (Å²) in [5.74, 6) is 0.0343. The van der Waals surface area contributed by atoms with E-state index in [4.69, 9.17) is 0 Å². The maximum Gasteiger partial charge on any atom is 0.308 e. The van der Waals surface area contributed by atoms with E-state index in [-0.39, 0.29) is 35.8 Å². The van der Waals surface area contributed by atoms with Gasteiger partial charge in [0.2, 0.25) is 5.91 Å². The van der Waals surface area contributed by atoms with E-state index in [0.29, 0.717) is 0 Å². The third-order valence-corrected chi connectivity index (χ3v) is 4.49. The maximum atomic E-state index is 12.2. The third-order valence-electron chi connectivity index (χ3n) is 3.49. The molecule has 1 aliphatic heterocycles. The van der Waals surface area contributed by atoms with Gasteiger partial charge >= 0.3 is 4.87 Å². The standard InChI is InChI=1S/C12H19N3O2S.ClH/c1-8-6-13-4-5-14(8)11(16)7-15-9(2)10(3)18-12(15)17;/h8,13H,4-7H2,1-3H3;1H. The number of halogens is 1. The van der Waals surface area contributed by atoms with E-state index in [2.05, 4.69) is 5.32 Å². The molecule has 108 valence electrons. The van der Waals surface area contributed by atoms with E-state index in [0.717, 1.165) is 30.2 Å². The Morgan fingerprint density at radius 2 is 2.16 bits per heavy atom. The van der Waals surface area contributed by atoms with Crippen LogP contribution in [0, 0.1) is 13.8 Å². The van der Waals surface area contributed by atoms with Crippen LogP contribution in [0.4, 0.5) is 0 Å². The highest BCUT2D eigenvalue weighted by Crippen LogP contribution is 2.11. The van der Waals surface area contributed by atoms with Crippen LogP contribution in [0.25, 0.3) is 0 Å². The lowest BCUT2D eigenvalue weighted by Crippen LogP contribution is -2.53. The van der Waals surface area contributed by atoms with Crippen LogP contribution in [0.2, 0.25) is 0 Å². The van der Waals surface area contributed by atoms with Crippen molar-refractivity contribution in [1.82, 2.24) is 14.8 Å². The van der Waals surface area contributed by atoms with E-state index in [1.54, 1.807) is 4.57 Å². The molecule has 0 saturated carbocycles. The van der Waals surface area contributed by atoms with Crippen LogP contribution in [-0.4, -0.2) is 41.1 Å². The van der Waals surface area contributed by atoms with Gasteiger partial charge in [-0.15, -0.1) is 12.4 Å². The Morgan fingerprint density at radius 1 is 1.47 bits per heavy atom. The lowest BCUT2D eigenvalue weighted by molar-refractivity contribution is -0.134. The molecule has 0 spiro atoms. The molecule has 0 radical (unpaired) electrons. The quantitative estimate of drug-likeness (QED) is 0.878. The Labute approximate surface area is 123 Å². The van der Waals surface area contributed by atoms with Gasteiger partial charge in [-0.25, -0.2) is 0 Å². The highest BCUT2D eigenvalue weighted by atomic mass is 35.5. The Morgan fingerprint density at radius 3 is 2.68 bits per heavy atom. The fraction of sp³-hybridized carbons (Fsp3) is 0.667. The number of carbonyl (C=O) groups excluding carboxylic acids is 1. The summed E-state index contributed by atoms with van der Waals surface area (Å²) in [6.07, 6.45) is 0. The van der Waals surface area contributed by atoms with Crippen LogP contribution in [0.3, 0.4) is 0 Å². The van der Waals surface area contributed by atoms with Gasteiger partial charge in [-0.1, -0.05) is 11.3 Å². The predicted octanol–water partition coefficient (Wildman–Crippen LogP) is 0.769. The summed E-state index contributed by atoms with van der Waals surface area (Å²) in [6, 6.07) is 0.196. The van der Waals surface area contributed by atoms with E-state index in [1.165, 1.54) is 11.3 Å². The molecule has 0 aliphatic carbocycles. The second-order valence-electron chi connectivity index (χ2n) is 4.74. The van der Waals surface area contributed by atoms with Crippen molar-refractivity contribution >= 4 is 29.7 Å². The molecular formula is C12H20ClN3O2S. The van der Waals surface area contributed by atoms with Gasteiger partial charge in [-0.3, -0.25) is 14.2 Å². The van der Waals surface area contributed by atoms with Crippen molar-refractivity contribution < 1.29 is 4.79 Å². The Kier molecular flexibility index (Phi) is 5.58. The van der Waals surface area contributed by atoms with Gasteiger partial charge in [-0.05, 0) is 20.8 Å². The molecule has 1 amide bonds. The predicted molar refractivity (Wildman–Crippen MR) is 79.3 cm³/mol. The van der Waals surface area contributed by atoms with Crippen LogP contribution in [0.1, 0.15) is 17.5 Å². The van der Waals surface area contributed by atoms with Gasteiger partial charge in [0.25, 0.3) is 0 Å². The second-order valence-corrected chi connectivity index (χ2v) is 5.90. The first kappa shape index (κ1) is 16.2. The zero-order valence-electron chi connectivity index (χ0n) is 11.4. The van der Waals surface area contributed by atoms with E-state index in [1.807, 2.05) is 25.7 Å². The summed E-state index contributed by atoms with van der Waals surface area (Å²) in [6.45, 7) is 8.36. The maximum absolute atomic E-state index is 12.2. The number of hydrogen-bond donors (Lipinski definition) is 1. The molecule has 1 N–H and O–H groups in total. The van der Waals surface area contributed by atoms with Gasteiger partial charge in [0.15, 0.2) is 0 Å². The first-order valence-corrected chi connectivity index (χ1v) is 6.99. The number of thiazole rings is 1. The van der Waals surface area contributed by atoms with Crippen molar-refractivity contribution in [2.45, 2.75) is 33.4 Å². The number of nitrogens with one attached hydrogen (secondary N) is 1. The van der Waals surface area contributed by atoms with Gasteiger partial charge < -0.3 is 10.2 Å². The van der Waals surface area contributed by atoms with Crippen molar-refractivity contribution in [3.8, 4) is 0 Å². The lowest BCUT2D eigenvalue weighted by atomic mass is 10.2. The van der Waals surface area contributed by atoms with E-state index < -0.39 is 0 Å². The van der Waals surface area contributed by atoms with Crippen molar-refractivity contribution in [2.24, 2.45) is 0 Å². The zero-order chi connectivity index (χ0) is 13.3. The van der Waals surface area contributed by atoms with Crippen molar-refractivity contribution in [3.63, 3.8) is 0 Å². The molecule has 2 rings (SSSR count). The summed E-state index contributed by atoms with van der Waals surface area (Å²) in [5.41, 5.74) is 0.904. The van der Waals surface area contributed by atoms with Crippen molar-refractivity contribution in [1.29, 1.82) is 0 Å². The highest BCUT2D eigenvalue weighted by Gasteiger charge is 2.24. The normalized spacial score (nSPS) is 19.1. The lowest BCUT2D eigenvalue weighted by Gasteiger charge is -2.34. The minimum atomic E-state index is -0.0406. The smallest absolute Gasteiger partial charge is 0.308 e. The van der Waals surface area contributed by atoms with Gasteiger partial charge in [0.1, 0.15) is 6.54 Å². The topological polar surface area (TPSA) is 54.3 Å². The average Bonchev–Trinajstić information content (AvgIpc) is 2.56. The molecule has 19 heavy (non-hydrogen) atoms. The number of hydrogen-bond acceptors (Lipinski definition) is 4. The average molecular weight is 306 g/mol. The van der Waals surface area contributed by atoms with E-state index in [9.17, 15) is 9.59 Å². The van der Waals surface area contributed by atoms with Crippen LogP contribution >= 0.6 is 23.7 Å². The largest absolute Gasteiger partial charge is 0.336 e. The Balaban J connectivity index is 0.00000180. The van der Waals surface area contributed by atoms with Gasteiger partial charge in [0, 0.05) is 36.2 Å². The molecule has 1 aliphatic rings. The molecule has 1 atom stereocenters. The van der Waals surface area contributed by atoms with E-state index >= 15 is 0 Å². The molecule has 2 heterocycles. The molecule has 1 fully saturated rings. The number of amides is 1. The van der Waals surface area contributed by atoms with Crippen LogP contribution in [-0.2, 0) is 11.3 Å². The molecule has 1 unspecified atom stereocenters. The molecular weight excluding hydrogens is 286 g/mol. The summed E-state index contributed by atoms with van der Waals surface area (Å²) in [5, 5.41) is 3.25. The van der Waals surface area contributed by atoms with Gasteiger partial charge in [-0.2, -0.15) is 0 Å². The fourth-order valence-electron chi connectivity index (χ4n) is 2.21. The minimum Gasteiger partial charge on any atom is -0.336 e. The highest BCUT2D eigenvalue weighted by molar-refractivity contribution is 7.09. The first-order chi connectivity index (χ1) is 8.50. The Bertz CT molecular complexity index is 512. The summed E-state index contributed by atoms with van der Waals surface area (Å²) >= 11 is 1.21. The first-order valence-electron chi connectivity index (χ1n) is 6.17. The summed E-state index contributed by atoms with van der Waals surface area (Å²) in [4.78, 5) is 26.8. The van der Waals surface area contributed by atoms with Crippen molar-refractivity contribution in [2.75, 3.05) is 19.6 Å². The minimum absolute atomic E-state index is 0. The van der Waals surface area contributed by atoms with Crippen LogP contribution in [0.15, 0.2) is 4.79 Å². The van der Waals surface area contributed by atoms with Crippen LogP contribution in [0.5, 0.6) is 0 Å². The monoisotopic (exact) mass is 305 g/mol. The number of carbonyl (C=O) groups is 1. The number of aromatic nitrogens is 1. The fourth-order valence-corrected chi connectivity index (χ4v) is 3.04. The Hall–Kier alpha value is -0.850. The van der Waals surface area contributed by atoms with Crippen molar-refractivity contribution in [3.05, 3.63) is 20.2 Å². The molecule has 1 saturated heterocycles. The molecule has 7 heteroatoms. The summed E-state index contributed by atoms with van der Waals surface area (Å²) < 4.78 is 1.58. The molecule has 1 aromatic rings. The molecule has 5 nitrogen and oxygen atoms in total. The number of rotatable bonds is 2. The number of nitrogens with zero attached hydrogens (tertiary/aromatic N) is 2. The van der Waals surface area contributed by atoms with Crippen LogP contribution < -0.4 is 10.2 Å². The zero-order valence-corrected chi connectivity index (χ0v) is 13.1. The molecule has 1 aromatic heterocycles. The number of aryl methyl sites for hydroxylation is 1. The van der Waals surface area contributed by atoms with Gasteiger partial charge in [0.05, 0.1) is 0 Å². The SMILES string of the molecule is Cc1sc(=O)n(CC(=O)N2CCNCC2C)c1C.Cl. The third kappa shape index (κ3) is 3.38. The molecule has 0 aromatic carbocycles. The summed E-state index contributed by atoms with van der Waals surface area (Å²) in [7, 11) is 0. The second kappa shape index (κ2) is 6.54.